The summed E-state index contributed by atoms with van der Waals surface area (Å²) >= 11 is 0. The molecule has 2 aromatic heterocycles. The van der Waals surface area contributed by atoms with Crippen molar-refractivity contribution in [3.63, 3.8) is 0 Å². The number of carbonyl (C=O) groups is 3. The number of esters is 2. The van der Waals surface area contributed by atoms with Crippen LogP contribution in [0.15, 0.2) is 75.8 Å². The fraction of sp³-hybridized carbons (Fsp3) is 0.182. The average Bonchev–Trinajstić information content (AvgIpc) is 3.73. The number of aryl methyl sites for hydroxylation is 2. The summed E-state index contributed by atoms with van der Waals surface area (Å²) in [6, 6.07) is 15.7. The quantitative estimate of drug-likeness (QED) is 0.116. The number of benzene rings is 3. The summed E-state index contributed by atoms with van der Waals surface area (Å²) in [5, 5.41) is 12.6. The number of anilines is 3. The van der Waals surface area contributed by atoms with Crippen LogP contribution in [-0.2, 0) is 9.47 Å². The van der Waals surface area contributed by atoms with Gasteiger partial charge in [0.2, 0.25) is 11.5 Å². The molecule has 5 aromatic rings. The predicted molar refractivity (Wildman–Crippen MR) is 169 cm³/mol. The van der Waals surface area contributed by atoms with Gasteiger partial charge in [-0.1, -0.05) is 22.4 Å². The number of hydrogen-bond acceptors (Lipinski definition) is 10. The minimum atomic E-state index is -0.879. The molecule has 244 valence electrons. The lowest BCUT2D eigenvalue weighted by Gasteiger charge is -2.11. The lowest BCUT2D eigenvalue weighted by Crippen LogP contribution is -2.20. The minimum Gasteiger partial charge on any atom is -0.460 e. The van der Waals surface area contributed by atoms with E-state index in [1.165, 1.54) is 6.07 Å². The SMILES string of the molecule is CCOC(=O)c1cc(-c2ccc(N)c(C)c2)no1.CCOC(=O)c1cc(-c2ccc(NC(=O)Nc3ccc(F)cc3F)c(C)c2)no1. The van der Waals surface area contributed by atoms with Crippen molar-refractivity contribution in [3.05, 3.63) is 101 Å². The van der Waals surface area contributed by atoms with Crippen LogP contribution in [0.1, 0.15) is 46.1 Å². The molecule has 12 nitrogen and oxygen atoms in total. The minimum absolute atomic E-state index is 0.0117. The van der Waals surface area contributed by atoms with Crippen LogP contribution in [0.5, 0.6) is 0 Å². The second-order valence-electron chi connectivity index (χ2n) is 9.90. The molecule has 5 rings (SSSR count). The van der Waals surface area contributed by atoms with Crippen molar-refractivity contribution in [2.24, 2.45) is 0 Å². The number of rotatable bonds is 8. The Labute approximate surface area is 267 Å². The van der Waals surface area contributed by atoms with E-state index >= 15 is 0 Å². The first-order valence-corrected chi connectivity index (χ1v) is 14.3. The molecule has 2 amide bonds. The maximum absolute atomic E-state index is 13.6. The van der Waals surface area contributed by atoms with E-state index in [2.05, 4.69) is 20.9 Å². The summed E-state index contributed by atoms with van der Waals surface area (Å²) in [5.41, 5.74) is 11.0. The molecule has 0 spiro atoms. The van der Waals surface area contributed by atoms with E-state index in [0.29, 0.717) is 46.6 Å². The van der Waals surface area contributed by atoms with Gasteiger partial charge in [0, 0.05) is 40.7 Å². The Kier molecular flexibility index (Phi) is 11.0. The number of hydrogen-bond donors (Lipinski definition) is 3. The summed E-state index contributed by atoms with van der Waals surface area (Å²) in [6.07, 6.45) is 0. The normalized spacial score (nSPS) is 10.4. The summed E-state index contributed by atoms with van der Waals surface area (Å²) in [7, 11) is 0. The summed E-state index contributed by atoms with van der Waals surface area (Å²) in [6.45, 7) is 7.60. The molecule has 47 heavy (non-hydrogen) atoms. The molecule has 2 heterocycles. The van der Waals surface area contributed by atoms with Gasteiger partial charge in [-0.25, -0.2) is 23.2 Å². The summed E-state index contributed by atoms with van der Waals surface area (Å²) in [4.78, 5) is 35.2. The van der Waals surface area contributed by atoms with E-state index < -0.39 is 29.6 Å². The largest absolute Gasteiger partial charge is 0.460 e. The Balaban J connectivity index is 0.000000238. The van der Waals surface area contributed by atoms with Crippen LogP contribution in [0, 0.1) is 25.5 Å². The number of amides is 2. The molecule has 0 aliphatic carbocycles. The molecule has 0 fully saturated rings. The summed E-state index contributed by atoms with van der Waals surface area (Å²) in [5.74, 6) is -2.65. The molecule has 0 saturated carbocycles. The standard InChI is InChI=1S/C20H17F2N3O4.C13H14N2O3/c1-3-28-19(26)18-10-17(25-29-18)12-4-6-15(11(2)8-12)23-20(27)24-16-7-5-13(21)9-14(16)22;1-3-17-13(16)12-7-11(15-18-12)9-4-5-10(14)8(2)6-9/h4-10H,3H2,1-2H3,(H2,23,24,27);4-7H,3,14H2,1-2H3. The number of aromatic nitrogens is 2. The molecule has 0 bridgehead atoms. The second-order valence-corrected chi connectivity index (χ2v) is 9.90. The molecular formula is C33H31F2N5O7. The van der Waals surface area contributed by atoms with Crippen LogP contribution < -0.4 is 16.4 Å². The maximum Gasteiger partial charge on any atom is 0.377 e. The molecule has 0 saturated heterocycles. The number of nitrogens with two attached hydrogens (primary N) is 1. The molecule has 0 atom stereocenters. The molecule has 14 heteroatoms. The van der Waals surface area contributed by atoms with Gasteiger partial charge in [0.05, 0.1) is 18.9 Å². The van der Waals surface area contributed by atoms with E-state index in [4.69, 9.17) is 24.3 Å². The molecule has 0 unspecified atom stereocenters. The molecule has 4 N–H and O–H groups in total. The Morgan fingerprint density at radius 2 is 1.23 bits per heavy atom. The Hall–Kier alpha value is -6.05. The Morgan fingerprint density at radius 3 is 1.74 bits per heavy atom. The topological polar surface area (TPSA) is 172 Å². The number of nitrogen functional groups attached to an aromatic ring is 1. The number of ether oxygens (including phenoxy) is 2. The van der Waals surface area contributed by atoms with Gasteiger partial charge in [-0.15, -0.1) is 0 Å². The second kappa shape index (κ2) is 15.3. The van der Waals surface area contributed by atoms with Gasteiger partial charge in [-0.2, -0.15) is 0 Å². The van der Waals surface area contributed by atoms with Crippen LogP contribution in [0.25, 0.3) is 22.5 Å². The lowest BCUT2D eigenvalue weighted by molar-refractivity contribution is 0.0471. The van der Waals surface area contributed by atoms with Crippen molar-refractivity contribution in [2.45, 2.75) is 27.7 Å². The third-order valence-electron chi connectivity index (χ3n) is 6.49. The smallest absolute Gasteiger partial charge is 0.377 e. The highest BCUT2D eigenvalue weighted by Crippen LogP contribution is 2.26. The van der Waals surface area contributed by atoms with E-state index in [-0.39, 0.29) is 23.8 Å². The third-order valence-corrected chi connectivity index (χ3v) is 6.49. The van der Waals surface area contributed by atoms with Crippen molar-refractivity contribution in [2.75, 3.05) is 29.6 Å². The first-order valence-electron chi connectivity index (χ1n) is 14.3. The summed E-state index contributed by atoms with van der Waals surface area (Å²) < 4.78 is 46.2. The molecule has 0 radical (unpaired) electrons. The van der Waals surface area contributed by atoms with E-state index in [0.717, 1.165) is 23.3 Å². The number of nitrogens with zero attached hydrogens (tertiary/aromatic N) is 2. The van der Waals surface area contributed by atoms with Crippen LogP contribution in [0.3, 0.4) is 0 Å². The Bertz CT molecular complexity index is 1900. The van der Waals surface area contributed by atoms with E-state index in [1.807, 2.05) is 19.1 Å². The van der Waals surface area contributed by atoms with Crippen molar-refractivity contribution >= 4 is 35.0 Å². The van der Waals surface area contributed by atoms with Crippen LogP contribution >= 0.6 is 0 Å². The van der Waals surface area contributed by atoms with Crippen molar-refractivity contribution in [1.82, 2.24) is 10.3 Å². The van der Waals surface area contributed by atoms with Gasteiger partial charge >= 0.3 is 18.0 Å². The van der Waals surface area contributed by atoms with Gasteiger partial charge in [0.25, 0.3) is 0 Å². The predicted octanol–water partition coefficient (Wildman–Crippen LogP) is 7.16. The van der Waals surface area contributed by atoms with E-state index in [1.54, 1.807) is 51.1 Å². The number of halogens is 2. The van der Waals surface area contributed by atoms with Crippen molar-refractivity contribution in [1.29, 1.82) is 0 Å². The maximum atomic E-state index is 13.6. The first kappa shape index (κ1) is 33.8. The molecule has 3 aromatic carbocycles. The number of carbonyl (C=O) groups excluding carboxylic acids is 3. The van der Waals surface area contributed by atoms with Crippen molar-refractivity contribution in [3.8, 4) is 22.5 Å². The molecule has 0 aliphatic heterocycles. The number of urea groups is 1. The third kappa shape index (κ3) is 8.78. The molecule has 0 aliphatic rings. The highest BCUT2D eigenvalue weighted by Gasteiger charge is 2.17. The van der Waals surface area contributed by atoms with Crippen LogP contribution in [0.2, 0.25) is 0 Å². The monoisotopic (exact) mass is 647 g/mol. The van der Waals surface area contributed by atoms with Crippen LogP contribution in [-0.4, -0.2) is 41.5 Å². The highest BCUT2D eigenvalue weighted by molar-refractivity contribution is 6.00. The fourth-order valence-electron chi connectivity index (χ4n) is 4.08. The highest BCUT2D eigenvalue weighted by atomic mass is 19.1. The lowest BCUT2D eigenvalue weighted by atomic mass is 10.1. The van der Waals surface area contributed by atoms with Gasteiger partial charge in [0.1, 0.15) is 23.0 Å². The van der Waals surface area contributed by atoms with E-state index in [9.17, 15) is 23.2 Å². The van der Waals surface area contributed by atoms with Gasteiger partial charge in [-0.05, 0) is 75.2 Å². The zero-order valence-electron chi connectivity index (χ0n) is 25.9. The van der Waals surface area contributed by atoms with Crippen LogP contribution in [0.4, 0.5) is 30.6 Å². The van der Waals surface area contributed by atoms with Gasteiger partial charge in [-0.3, -0.25) is 0 Å². The Morgan fingerprint density at radius 1 is 0.723 bits per heavy atom. The van der Waals surface area contributed by atoms with Gasteiger partial charge < -0.3 is 34.9 Å². The zero-order valence-corrected chi connectivity index (χ0v) is 25.9. The zero-order chi connectivity index (χ0) is 34.1. The number of nitrogens with one attached hydrogen (secondary N) is 2. The molecular weight excluding hydrogens is 616 g/mol. The fourth-order valence-corrected chi connectivity index (χ4v) is 4.08. The average molecular weight is 648 g/mol. The van der Waals surface area contributed by atoms with Crippen molar-refractivity contribution < 1.29 is 41.7 Å². The van der Waals surface area contributed by atoms with Gasteiger partial charge in [0.15, 0.2) is 0 Å². The first-order chi connectivity index (χ1) is 22.5.